The molecule has 0 fully saturated rings. The monoisotopic (exact) mass is 248 g/mol. The fourth-order valence-electron chi connectivity index (χ4n) is 1.00. The molecular formula is C8H9ClN2O3S. The molecule has 1 aromatic carbocycles. The van der Waals surface area contributed by atoms with Crippen LogP contribution in [0.3, 0.4) is 0 Å². The van der Waals surface area contributed by atoms with Crippen LogP contribution in [0, 0.1) is 0 Å². The van der Waals surface area contributed by atoms with Crippen LogP contribution in [0.25, 0.3) is 0 Å². The number of hydrogen-bond donors (Lipinski definition) is 2. The minimum atomic E-state index is -3.85. The Balaban J connectivity index is 3.35. The quantitative estimate of drug-likeness (QED) is 0.791. The number of nitrogens with two attached hydrogens (primary N) is 1. The van der Waals surface area contributed by atoms with Crippen LogP contribution in [0.15, 0.2) is 23.1 Å². The van der Waals surface area contributed by atoms with Crippen molar-refractivity contribution in [2.45, 2.75) is 4.90 Å². The van der Waals surface area contributed by atoms with Gasteiger partial charge in [-0.3, -0.25) is 4.79 Å². The van der Waals surface area contributed by atoms with Crippen LogP contribution in [-0.4, -0.2) is 21.4 Å². The zero-order valence-electron chi connectivity index (χ0n) is 7.82. The Morgan fingerprint density at radius 2 is 2.00 bits per heavy atom. The topological polar surface area (TPSA) is 89.3 Å². The maximum Gasteiger partial charge on any atom is 0.251 e. The van der Waals surface area contributed by atoms with E-state index in [-0.39, 0.29) is 15.5 Å². The zero-order chi connectivity index (χ0) is 11.6. The molecule has 0 saturated carbocycles. The smallest absolute Gasteiger partial charge is 0.251 e. The first-order valence-corrected chi connectivity index (χ1v) is 5.82. The summed E-state index contributed by atoms with van der Waals surface area (Å²) in [6, 6.07) is 3.71. The summed E-state index contributed by atoms with van der Waals surface area (Å²) in [7, 11) is -2.42. The lowest BCUT2D eigenvalue weighted by atomic mass is 10.2. The number of carbonyl (C=O) groups is 1. The fourth-order valence-corrected chi connectivity index (χ4v) is 1.88. The van der Waals surface area contributed by atoms with Crippen LogP contribution in [0.2, 0.25) is 5.02 Å². The lowest BCUT2D eigenvalue weighted by Crippen LogP contribution is -2.19. The Bertz CT molecular complexity index is 499. The van der Waals surface area contributed by atoms with Crippen LogP contribution in [-0.2, 0) is 10.0 Å². The van der Waals surface area contributed by atoms with E-state index in [1.807, 2.05) is 0 Å². The number of sulfonamides is 1. The molecule has 1 amide bonds. The van der Waals surface area contributed by atoms with E-state index in [1.165, 1.54) is 25.2 Å². The Morgan fingerprint density at radius 3 is 2.47 bits per heavy atom. The molecule has 1 aromatic rings. The van der Waals surface area contributed by atoms with Gasteiger partial charge in [0.25, 0.3) is 5.91 Å². The number of carbonyl (C=O) groups excluding carboxylic acids is 1. The lowest BCUT2D eigenvalue weighted by Gasteiger charge is -2.03. The standard InChI is InChI=1S/C8H9ClN2O3S/c1-11-8(12)5-2-6(9)4-7(3-5)15(10,13)14/h2-4H,1H3,(H,11,12)(H2,10,13,14). The van der Waals surface area contributed by atoms with Gasteiger partial charge in [-0.2, -0.15) is 0 Å². The maximum atomic E-state index is 11.2. The molecule has 0 spiro atoms. The molecule has 5 nitrogen and oxygen atoms in total. The summed E-state index contributed by atoms with van der Waals surface area (Å²) >= 11 is 5.66. The molecule has 0 saturated heterocycles. The number of halogens is 1. The van der Waals surface area contributed by atoms with E-state index in [4.69, 9.17) is 16.7 Å². The van der Waals surface area contributed by atoms with Gasteiger partial charge in [-0.1, -0.05) is 11.6 Å². The predicted octanol–water partition coefficient (Wildman–Crippen LogP) is 0.347. The molecule has 0 radical (unpaired) electrons. The van der Waals surface area contributed by atoms with Gasteiger partial charge >= 0.3 is 0 Å². The van der Waals surface area contributed by atoms with Crippen molar-refractivity contribution in [3.8, 4) is 0 Å². The van der Waals surface area contributed by atoms with Gasteiger partial charge in [0, 0.05) is 17.6 Å². The van der Waals surface area contributed by atoms with Gasteiger partial charge in [-0.15, -0.1) is 0 Å². The van der Waals surface area contributed by atoms with Crippen molar-refractivity contribution >= 4 is 27.5 Å². The highest BCUT2D eigenvalue weighted by molar-refractivity contribution is 7.89. The highest BCUT2D eigenvalue weighted by Gasteiger charge is 2.13. The minimum absolute atomic E-state index is 0.139. The van der Waals surface area contributed by atoms with Gasteiger partial charge in [-0.05, 0) is 18.2 Å². The van der Waals surface area contributed by atoms with Crippen molar-refractivity contribution < 1.29 is 13.2 Å². The summed E-state index contributed by atoms with van der Waals surface area (Å²) in [4.78, 5) is 11.1. The molecule has 0 aliphatic rings. The van der Waals surface area contributed by atoms with E-state index in [0.717, 1.165) is 0 Å². The summed E-state index contributed by atoms with van der Waals surface area (Å²) < 4.78 is 22.1. The molecule has 0 unspecified atom stereocenters. The first-order valence-electron chi connectivity index (χ1n) is 3.90. The second-order valence-corrected chi connectivity index (χ2v) is 4.80. The normalized spacial score (nSPS) is 11.1. The number of rotatable bonds is 2. The summed E-state index contributed by atoms with van der Waals surface area (Å²) in [5, 5.41) is 7.41. The largest absolute Gasteiger partial charge is 0.355 e. The van der Waals surface area contributed by atoms with Crippen molar-refractivity contribution in [3.63, 3.8) is 0 Å². The molecule has 82 valence electrons. The molecule has 0 aliphatic heterocycles. The maximum absolute atomic E-state index is 11.2. The van der Waals surface area contributed by atoms with Crippen molar-refractivity contribution in [3.05, 3.63) is 28.8 Å². The number of amides is 1. The van der Waals surface area contributed by atoms with E-state index in [9.17, 15) is 13.2 Å². The SMILES string of the molecule is CNC(=O)c1cc(Cl)cc(S(N)(=O)=O)c1. The summed E-state index contributed by atoms with van der Waals surface area (Å²) in [5.41, 5.74) is 0.147. The van der Waals surface area contributed by atoms with Gasteiger partial charge in [0.1, 0.15) is 0 Å². The van der Waals surface area contributed by atoms with Crippen molar-refractivity contribution in [2.75, 3.05) is 7.05 Å². The Hall–Kier alpha value is -1.11. The van der Waals surface area contributed by atoms with Gasteiger partial charge in [0.2, 0.25) is 10.0 Å². The highest BCUT2D eigenvalue weighted by Crippen LogP contribution is 2.17. The molecule has 0 heterocycles. The fraction of sp³-hybridized carbons (Fsp3) is 0.125. The molecular weight excluding hydrogens is 240 g/mol. The molecule has 0 bridgehead atoms. The molecule has 1 rings (SSSR count). The van der Waals surface area contributed by atoms with Gasteiger partial charge in [0.05, 0.1) is 4.90 Å². The van der Waals surface area contributed by atoms with Crippen LogP contribution in [0.5, 0.6) is 0 Å². The van der Waals surface area contributed by atoms with Crippen LogP contribution in [0.4, 0.5) is 0 Å². The second kappa shape index (κ2) is 4.18. The minimum Gasteiger partial charge on any atom is -0.355 e. The highest BCUT2D eigenvalue weighted by atomic mass is 35.5. The van der Waals surface area contributed by atoms with Gasteiger partial charge < -0.3 is 5.32 Å². The molecule has 15 heavy (non-hydrogen) atoms. The average Bonchev–Trinajstić information content (AvgIpc) is 2.14. The van der Waals surface area contributed by atoms with Crippen molar-refractivity contribution in [1.82, 2.24) is 5.32 Å². The Kier molecular flexibility index (Phi) is 3.33. The number of primary sulfonamides is 1. The second-order valence-electron chi connectivity index (χ2n) is 2.80. The third-order valence-corrected chi connectivity index (χ3v) is 2.80. The van der Waals surface area contributed by atoms with Gasteiger partial charge in [0.15, 0.2) is 0 Å². The lowest BCUT2D eigenvalue weighted by molar-refractivity contribution is 0.0963. The Labute approximate surface area is 92.3 Å². The first-order chi connectivity index (χ1) is 6.84. The summed E-state index contributed by atoms with van der Waals surface area (Å²) in [6.45, 7) is 0. The van der Waals surface area contributed by atoms with E-state index >= 15 is 0 Å². The van der Waals surface area contributed by atoms with Crippen LogP contribution >= 0.6 is 11.6 Å². The van der Waals surface area contributed by atoms with Crippen LogP contribution < -0.4 is 10.5 Å². The Morgan fingerprint density at radius 1 is 1.40 bits per heavy atom. The zero-order valence-corrected chi connectivity index (χ0v) is 9.39. The number of hydrogen-bond acceptors (Lipinski definition) is 3. The predicted molar refractivity (Wildman–Crippen MR) is 56.2 cm³/mol. The van der Waals surface area contributed by atoms with Crippen LogP contribution in [0.1, 0.15) is 10.4 Å². The molecule has 0 atom stereocenters. The molecule has 3 N–H and O–H groups in total. The van der Waals surface area contributed by atoms with E-state index in [1.54, 1.807) is 0 Å². The van der Waals surface area contributed by atoms with Crippen molar-refractivity contribution in [2.24, 2.45) is 5.14 Å². The third-order valence-electron chi connectivity index (χ3n) is 1.69. The van der Waals surface area contributed by atoms with E-state index in [0.29, 0.717) is 0 Å². The average molecular weight is 249 g/mol. The van der Waals surface area contributed by atoms with E-state index in [2.05, 4.69) is 5.32 Å². The summed E-state index contributed by atoms with van der Waals surface area (Å²) in [6.07, 6.45) is 0. The number of benzene rings is 1. The third kappa shape index (κ3) is 2.92. The van der Waals surface area contributed by atoms with E-state index < -0.39 is 15.9 Å². The van der Waals surface area contributed by atoms with Crippen molar-refractivity contribution in [1.29, 1.82) is 0 Å². The molecule has 0 aliphatic carbocycles. The summed E-state index contributed by atoms with van der Waals surface area (Å²) in [5.74, 6) is -0.428. The number of nitrogens with one attached hydrogen (secondary N) is 1. The first kappa shape index (κ1) is 12.0. The molecule has 0 aromatic heterocycles. The molecule has 7 heteroatoms. The van der Waals surface area contributed by atoms with Gasteiger partial charge in [-0.25, -0.2) is 13.6 Å².